The van der Waals surface area contributed by atoms with Gasteiger partial charge in [0, 0.05) is 29.3 Å². The molecule has 0 aliphatic carbocycles. The van der Waals surface area contributed by atoms with E-state index in [9.17, 15) is 5.26 Å². The molecule has 116 valence electrons. The molecule has 0 amide bonds. The van der Waals surface area contributed by atoms with Crippen LogP contribution in [0.5, 0.6) is 0 Å². The highest BCUT2D eigenvalue weighted by atomic mass is 32.1. The van der Waals surface area contributed by atoms with E-state index in [0.29, 0.717) is 0 Å². The minimum absolute atomic E-state index is 0.726. The SMILES string of the molecule is N#C/C(=C\c1ccc(-c2ccc(-c3cccs3)s2)s1)c1cccs1. The molecule has 0 bridgehead atoms. The Labute approximate surface area is 156 Å². The number of nitriles is 1. The number of rotatable bonds is 4. The third-order valence-corrected chi connectivity index (χ3v) is 7.72. The summed E-state index contributed by atoms with van der Waals surface area (Å²) in [5, 5.41) is 13.5. The van der Waals surface area contributed by atoms with Gasteiger partial charge in [0.15, 0.2) is 0 Å². The van der Waals surface area contributed by atoms with E-state index in [1.54, 1.807) is 34.0 Å². The van der Waals surface area contributed by atoms with Crippen LogP contribution in [0.2, 0.25) is 0 Å². The van der Waals surface area contributed by atoms with Crippen LogP contribution in [0, 0.1) is 11.3 Å². The molecule has 4 aromatic rings. The fraction of sp³-hybridized carbons (Fsp3) is 0. The normalized spacial score (nSPS) is 11.5. The molecule has 0 radical (unpaired) electrons. The molecule has 0 saturated carbocycles. The van der Waals surface area contributed by atoms with Gasteiger partial charge in [-0.15, -0.1) is 45.3 Å². The summed E-state index contributed by atoms with van der Waals surface area (Å²) in [7, 11) is 0. The van der Waals surface area contributed by atoms with Gasteiger partial charge in [0.2, 0.25) is 0 Å². The van der Waals surface area contributed by atoms with E-state index in [2.05, 4.69) is 47.8 Å². The smallest absolute Gasteiger partial charge is 0.101 e. The van der Waals surface area contributed by atoms with Crippen LogP contribution in [-0.2, 0) is 0 Å². The first kappa shape index (κ1) is 15.6. The van der Waals surface area contributed by atoms with E-state index in [4.69, 9.17) is 0 Å². The maximum atomic E-state index is 9.39. The van der Waals surface area contributed by atoms with Crippen LogP contribution in [0.1, 0.15) is 9.75 Å². The second-order valence-corrected chi connectivity index (χ2v) is 9.08. The summed E-state index contributed by atoms with van der Waals surface area (Å²) >= 11 is 6.91. The highest BCUT2D eigenvalue weighted by molar-refractivity contribution is 7.26. The predicted octanol–water partition coefficient (Wildman–Crippen LogP) is 7.33. The maximum Gasteiger partial charge on any atom is 0.101 e. The Hall–Kier alpha value is -1.97. The molecule has 5 heteroatoms. The van der Waals surface area contributed by atoms with Gasteiger partial charge < -0.3 is 0 Å². The molecule has 0 aliphatic rings. The van der Waals surface area contributed by atoms with Crippen LogP contribution in [-0.4, -0.2) is 0 Å². The van der Waals surface area contributed by atoms with E-state index in [1.165, 1.54) is 19.5 Å². The number of hydrogen-bond donors (Lipinski definition) is 0. The third kappa shape index (κ3) is 3.14. The molecule has 0 atom stereocenters. The quantitative estimate of drug-likeness (QED) is 0.339. The second-order valence-electron chi connectivity index (χ2n) is 4.99. The minimum atomic E-state index is 0.726. The van der Waals surface area contributed by atoms with Crippen molar-refractivity contribution in [3.05, 3.63) is 69.0 Å². The van der Waals surface area contributed by atoms with Gasteiger partial charge in [-0.1, -0.05) is 12.1 Å². The van der Waals surface area contributed by atoms with Crippen LogP contribution in [0.25, 0.3) is 31.2 Å². The van der Waals surface area contributed by atoms with Gasteiger partial charge in [0.1, 0.15) is 6.07 Å². The number of nitrogens with zero attached hydrogens (tertiary/aromatic N) is 1. The first-order valence-electron chi connectivity index (χ1n) is 7.23. The number of allylic oxidation sites excluding steroid dienone is 1. The van der Waals surface area contributed by atoms with Crippen molar-refractivity contribution in [2.75, 3.05) is 0 Å². The van der Waals surface area contributed by atoms with Crippen molar-refractivity contribution in [1.29, 1.82) is 5.26 Å². The van der Waals surface area contributed by atoms with E-state index in [-0.39, 0.29) is 0 Å². The van der Waals surface area contributed by atoms with Crippen molar-refractivity contribution < 1.29 is 0 Å². The number of thiophene rings is 4. The molecule has 0 aromatic carbocycles. The van der Waals surface area contributed by atoms with E-state index in [1.807, 2.05) is 34.9 Å². The highest BCUT2D eigenvalue weighted by Gasteiger charge is 2.09. The summed E-state index contributed by atoms with van der Waals surface area (Å²) in [6.07, 6.45) is 1.98. The van der Waals surface area contributed by atoms with Crippen LogP contribution >= 0.6 is 45.3 Å². The minimum Gasteiger partial charge on any atom is -0.192 e. The molecule has 4 heterocycles. The first-order valence-corrected chi connectivity index (χ1v) is 10.6. The summed E-state index contributed by atoms with van der Waals surface area (Å²) in [5.41, 5.74) is 0.726. The Balaban J connectivity index is 1.63. The largest absolute Gasteiger partial charge is 0.192 e. The Morgan fingerprint density at radius 1 is 0.792 bits per heavy atom. The molecule has 0 spiro atoms. The average molecular weight is 382 g/mol. The van der Waals surface area contributed by atoms with Gasteiger partial charge in [0.05, 0.1) is 5.57 Å². The Bertz CT molecular complexity index is 1010. The van der Waals surface area contributed by atoms with Crippen molar-refractivity contribution in [3.8, 4) is 25.6 Å². The molecule has 0 saturated heterocycles. The zero-order valence-electron chi connectivity index (χ0n) is 12.4. The third-order valence-electron chi connectivity index (χ3n) is 3.43. The lowest BCUT2D eigenvalue weighted by Crippen LogP contribution is -1.72. The van der Waals surface area contributed by atoms with Crippen molar-refractivity contribution in [1.82, 2.24) is 0 Å². The summed E-state index contributed by atoms with van der Waals surface area (Å²) < 4.78 is 0. The molecule has 0 unspecified atom stereocenters. The summed E-state index contributed by atoms with van der Waals surface area (Å²) in [6, 6.07) is 19.1. The highest BCUT2D eigenvalue weighted by Crippen LogP contribution is 2.39. The van der Waals surface area contributed by atoms with Crippen LogP contribution in [0.15, 0.2) is 59.3 Å². The standard InChI is InChI=1S/C19H11NS4/c20-12-13(15-3-1-9-21-15)11-14-5-6-18(23-14)19-8-7-17(24-19)16-4-2-10-22-16/h1-11H/b13-11+. The van der Waals surface area contributed by atoms with Crippen LogP contribution in [0.4, 0.5) is 0 Å². The first-order chi connectivity index (χ1) is 11.8. The van der Waals surface area contributed by atoms with Crippen molar-refractivity contribution in [2.45, 2.75) is 0 Å². The monoisotopic (exact) mass is 381 g/mol. The lowest BCUT2D eigenvalue weighted by molar-refractivity contribution is 1.54. The molecule has 24 heavy (non-hydrogen) atoms. The maximum absolute atomic E-state index is 9.39. The summed E-state index contributed by atoms with van der Waals surface area (Å²) in [4.78, 5) is 7.27. The van der Waals surface area contributed by atoms with E-state index in [0.717, 1.165) is 15.3 Å². The topological polar surface area (TPSA) is 23.8 Å². The van der Waals surface area contributed by atoms with Crippen molar-refractivity contribution in [2.24, 2.45) is 0 Å². The molecular formula is C19H11NS4. The lowest BCUT2D eigenvalue weighted by Gasteiger charge is -1.92. The number of hydrogen-bond acceptors (Lipinski definition) is 5. The Morgan fingerprint density at radius 3 is 2.21 bits per heavy atom. The summed E-state index contributed by atoms with van der Waals surface area (Å²) in [6.45, 7) is 0. The van der Waals surface area contributed by atoms with Gasteiger partial charge in [-0.2, -0.15) is 5.26 Å². The Kier molecular flexibility index (Phi) is 4.46. The average Bonchev–Trinajstić information content (AvgIpc) is 3.40. The molecule has 4 rings (SSSR count). The predicted molar refractivity (Wildman–Crippen MR) is 109 cm³/mol. The zero-order chi connectivity index (χ0) is 16.4. The fourth-order valence-corrected chi connectivity index (χ4v) is 5.89. The van der Waals surface area contributed by atoms with E-state index >= 15 is 0 Å². The summed E-state index contributed by atoms with van der Waals surface area (Å²) in [5.74, 6) is 0. The van der Waals surface area contributed by atoms with Gasteiger partial charge in [-0.3, -0.25) is 0 Å². The lowest BCUT2D eigenvalue weighted by atomic mass is 10.2. The second kappa shape index (κ2) is 6.88. The van der Waals surface area contributed by atoms with Crippen LogP contribution in [0.3, 0.4) is 0 Å². The van der Waals surface area contributed by atoms with Crippen LogP contribution < -0.4 is 0 Å². The molecule has 0 aliphatic heterocycles. The van der Waals surface area contributed by atoms with E-state index < -0.39 is 0 Å². The van der Waals surface area contributed by atoms with Crippen molar-refractivity contribution >= 4 is 57.0 Å². The van der Waals surface area contributed by atoms with Gasteiger partial charge in [0.25, 0.3) is 0 Å². The van der Waals surface area contributed by atoms with Crippen molar-refractivity contribution in [3.63, 3.8) is 0 Å². The Morgan fingerprint density at radius 2 is 1.50 bits per heavy atom. The fourth-order valence-electron chi connectivity index (χ4n) is 2.32. The molecule has 1 nitrogen and oxygen atoms in total. The van der Waals surface area contributed by atoms with Gasteiger partial charge in [-0.05, 0) is 53.2 Å². The van der Waals surface area contributed by atoms with Gasteiger partial charge in [-0.25, -0.2) is 0 Å². The molecular weight excluding hydrogens is 370 g/mol. The molecule has 0 N–H and O–H groups in total. The molecule has 0 fully saturated rings. The zero-order valence-corrected chi connectivity index (χ0v) is 15.7. The molecule has 4 aromatic heterocycles. The van der Waals surface area contributed by atoms with Gasteiger partial charge >= 0.3 is 0 Å².